The van der Waals surface area contributed by atoms with Gasteiger partial charge in [0, 0.05) is 43.9 Å². The largest absolute Gasteiger partial charge is 0.507 e. The van der Waals surface area contributed by atoms with Crippen molar-refractivity contribution in [2.24, 2.45) is 0 Å². The Morgan fingerprint density at radius 2 is 1.87 bits per heavy atom. The molecule has 0 bridgehead atoms. The van der Waals surface area contributed by atoms with Gasteiger partial charge in [-0.2, -0.15) is 0 Å². The van der Waals surface area contributed by atoms with E-state index in [2.05, 4.69) is 11.5 Å². The van der Waals surface area contributed by atoms with Crippen molar-refractivity contribution in [3.8, 4) is 5.75 Å². The van der Waals surface area contributed by atoms with Crippen LogP contribution in [-0.2, 0) is 24.7 Å². The molecule has 1 atom stereocenters. The number of morpholine rings is 1. The number of amides is 2. The van der Waals surface area contributed by atoms with Gasteiger partial charge in [-0.1, -0.05) is 30.9 Å². The molecule has 1 N–H and O–H groups in total. The highest BCUT2D eigenvalue weighted by molar-refractivity contribution is 6.50. The first kappa shape index (κ1) is 26.6. The van der Waals surface area contributed by atoms with Gasteiger partial charge in [0.15, 0.2) is 5.54 Å². The molecule has 2 fully saturated rings. The normalized spacial score (nSPS) is 22.6. The summed E-state index contributed by atoms with van der Waals surface area (Å²) in [6.07, 6.45) is 1.63. The fourth-order valence-corrected chi connectivity index (χ4v) is 5.80. The Bertz CT molecular complexity index is 1360. The van der Waals surface area contributed by atoms with Gasteiger partial charge in [-0.15, -0.1) is 0 Å². The molecule has 1 spiro atoms. The molecule has 2 saturated heterocycles. The van der Waals surface area contributed by atoms with E-state index in [0.717, 1.165) is 5.56 Å². The quantitative estimate of drug-likeness (QED) is 0.242. The molecule has 3 heterocycles. The van der Waals surface area contributed by atoms with Gasteiger partial charge in [-0.3, -0.25) is 19.3 Å². The molecule has 3 aliphatic heterocycles. The van der Waals surface area contributed by atoms with Crippen LogP contribution in [0.2, 0.25) is 0 Å². The molecule has 39 heavy (non-hydrogen) atoms. The fourth-order valence-electron chi connectivity index (χ4n) is 5.80. The van der Waals surface area contributed by atoms with E-state index < -0.39 is 23.1 Å². The number of aliphatic hydroxyl groups excluding tert-OH is 1. The topological polar surface area (TPSA) is 99.6 Å². The molecule has 0 aliphatic carbocycles. The van der Waals surface area contributed by atoms with E-state index in [1.54, 1.807) is 41.3 Å². The highest BCUT2D eigenvalue weighted by Gasteiger charge is 2.66. The first-order chi connectivity index (χ1) is 18.9. The summed E-state index contributed by atoms with van der Waals surface area (Å²) in [7, 11) is 0. The molecule has 2 aromatic carbocycles. The third kappa shape index (κ3) is 4.22. The number of aryl methyl sites for hydroxylation is 1. The van der Waals surface area contributed by atoms with Crippen LogP contribution in [0.3, 0.4) is 0 Å². The Morgan fingerprint density at radius 3 is 2.56 bits per heavy atom. The molecule has 5 rings (SSSR count). The predicted octanol–water partition coefficient (Wildman–Crippen LogP) is 2.83. The molecule has 0 unspecified atom stereocenters. The van der Waals surface area contributed by atoms with Gasteiger partial charge in [0.05, 0.1) is 24.5 Å². The molecule has 2 amide bonds. The van der Waals surface area contributed by atoms with Gasteiger partial charge >= 0.3 is 0 Å². The van der Waals surface area contributed by atoms with E-state index in [1.807, 2.05) is 26.0 Å². The first-order valence-corrected chi connectivity index (χ1v) is 13.2. The Hall–Kier alpha value is -3.95. The number of likely N-dealkylation sites (tertiary alicyclic amines) is 1. The average molecular weight is 532 g/mol. The number of anilines is 1. The number of benzene rings is 2. The summed E-state index contributed by atoms with van der Waals surface area (Å²) in [4.78, 5) is 46.8. The Balaban J connectivity index is 1.67. The Morgan fingerprint density at radius 1 is 1.13 bits per heavy atom. The molecule has 9 nitrogen and oxygen atoms in total. The number of ketones is 1. The molecular formula is C30H33N3O6. The third-order valence-corrected chi connectivity index (χ3v) is 7.67. The maximum absolute atomic E-state index is 14.3. The summed E-state index contributed by atoms with van der Waals surface area (Å²) in [5, 5.41) is 11.7. The van der Waals surface area contributed by atoms with Crippen LogP contribution < -0.4 is 9.64 Å². The third-order valence-electron chi connectivity index (χ3n) is 7.67. The fraction of sp³-hybridized carbons (Fsp3) is 0.367. The number of nitrogens with zero attached hydrogens (tertiary/aromatic N) is 3. The summed E-state index contributed by atoms with van der Waals surface area (Å²) >= 11 is 0. The molecular weight excluding hydrogens is 498 g/mol. The number of carbonyl (C=O) groups is 3. The number of aliphatic hydroxyl groups is 1. The highest BCUT2D eigenvalue weighted by Crippen LogP contribution is 2.53. The smallest absolute Gasteiger partial charge is 0.296 e. The van der Waals surface area contributed by atoms with Crippen molar-refractivity contribution in [1.29, 1.82) is 0 Å². The van der Waals surface area contributed by atoms with Crippen molar-refractivity contribution in [2.45, 2.75) is 19.4 Å². The number of carbonyl (C=O) groups excluding carboxylic acids is 3. The van der Waals surface area contributed by atoms with Gasteiger partial charge in [0.25, 0.3) is 17.6 Å². The van der Waals surface area contributed by atoms with Crippen LogP contribution in [0.4, 0.5) is 5.69 Å². The van der Waals surface area contributed by atoms with Crippen molar-refractivity contribution < 1.29 is 29.0 Å². The second kappa shape index (κ2) is 10.7. The number of likely N-dealkylation sites (N-methyl/N-ethyl adjacent to an activating group) is 1. The summed E-state index contributed by atoms with van der Waals surface area (Å²) in [6, 6.07) is 12.2. The predicted molar refractivity (Wildman–Crippen MR) is 147 cm³/mol. The monoisotopic (exact) mass is 531 g/mol. The lowest BCUT2D eigenvalue weighted by molar-refractivity contribution is -0.144. The zero-order valence-electron chi connectivity index (χ0n) is 22.3. The van der Waals surface area contributed by atoms with Crippen LogP contribution in [0.5, 0.6) is 5.75 Å². The van der Waals surface area contributed by atoms with E-state index in [4.69, 9.17) is 9.47 Å². The Kier molecular flexibility index (Phi) is 7.29. The van der Waals surface area contributed by atoms with Crippen molar-refractivity contribution in [3.05, 3.63) is 77.4 Å². The molecule has 3 aliphatic rings. The van der Waals surface area contributed by atoms with Crippen molar-refractivity contribution >= 4 is 29.0 Å². The molecule has 0 aromatic heterocycles. The van der Waals surface area contributed by atoms with E-state index in [-0.39, 0.29) is 17.9 Å². The number of rotatable bonds is 8. The Labute approximate surface area is 227 Å². The number of hydrogen-bond donors (Lipinski definition) is 1. The molecule has 9 heteroatoms. The molecule has 204 valence electrons. The summed E-state index contributed by atoms with van der Waals surface area (Å²) in [6.45, 7) is 11.2. The van der Waals surface area contributed by atoms with Crippen LogP contribution in [-0.4, -0.2) is 85.0 Å². The zero-order valence-corrected chi connectivity index (χ0v) is 22.3. The number of ether oxygens (including phenoxy) is 2. The summed E-state index contributed by atoms with van der Waals surface area (Å²) in [5.74, 6) is -1.88. The van der Waals surface area contributed by atoms with E-state index in [1.165, 1.54) is 4.90 Å². The second-order valence-corrected chi connectivity index (χ2v) is 9.82. The van der Waals surface area contributed by atoms with Crippen LogP contribution in [0.15, 0.2) is 60.7 Å². The summed E-state index contributed by atoms with van der Waals surface area (Å²) < 4.78 is 11.1. The van der Waals surface area contributed by atoms with Crippen molar-refractivity contribution in [2.75, 3.05) is 57.4 Å². The van der Waals surface area contributed by atoms with Crippen molar-refractivity contribution in [3.63, 3.8) is 0 Å². The minimum atomic E-state index is -1.76. The minimum absolute atomic E-state index is 0.145. The molecule has 2 aromatic rings. The maximum Gasteiger partial charge on any atom is 0.296 e. The zero-order chi connectivity index (χ0) is 27.7. The maximum atomic E-state index is 14.3. The van der Waals surface area contributed by atoms with Gasteiger partial charge < -0.3 is 24.4 Å². The first-order valence-electron chi connectivity index (χ1n) is 13.2. The lowest BCUT2D eigenvalue weighted by atomic mass is 9.81. The number of hydrogen-bond acceptors (Lipinski definition) is 7. The van der Waals surface area contributed by atoms with Crippen LogP contribution >= 0.6 is 0 Å². The van der Waals surface area contributed by atoms with Crippen LogP contribution in [0.1, 0.15) is 23.6 Å². The van der Waals surface area contributed by atoms with Gasteiger partial charge in [-0.25, -0.2) is 0 Å². The van der Waals surface area contributed by atoms with E-state index in [0.29, 0.717) is 68.6 Å². The van der Waals surface area contributed by atoms with E-state index in [9.17, 15) is 19.5 Å². The molecule has 0 saturated carbocycles. The van der Waals surface area contributed by atoms with Crippen molar-refractivity contribution in [1.82, 2.24) is 9.80 Å². The second-order valence-electron chi connectivity index (χ2n) is 9.82. The van der Waals surface area contributed by atoms with Gasteiger partial charge in [-0.05, 0) is 43.7 Å². The van der Waals surface area contributed by atoms with Crippen LogP contribution in [0, 0.1) is 6.92 Å². The SMILES string of the molecule is C=CCOc1ccc(C(O)=C2C(=O)C(=O)N(CCN3CCOCC3)[C@@]23C(=O)N(CC)c2ccccc23)cc1C. The minimum Gasteiger partial charge on any atom is -0.507 e. The van der Waals surface area contributed by atoms with E-state index >= 15 is 0 Å². The number of Topliss-reactive ketones (excluding diaryl/α,β-unsaturated/α-hetero) is 1. The van der Waals surface area contributed by atoms with Gasteiger partial charge in [0.1, 0.15) is 18.1 Å². The van der Waals surface area contributed by atoms with Crippen LogP contribution in [0.25, 0.3) is 5.76 Å². The number of fused-ring (bicyclic) bond motifs is 2. The lowest BCUT2D eigenvalue weighted by Crippen LogP contribution is -2.54. The highest BCUT2D eigenvalue weighted by atomic mass is 16.5. The van der Waals surface area contributed by atoms with Gasteiger partial charge in [0.2, 0.25) is 0 Å². The standard InChI is InChI=1S/C30H33N3O6/c1-4-16-39-24-11-10-21(19-20(24)3)26(34)25-27(35)28(36)33(13-12-31-14-17-38-18-15-31)30(25)22-8-6-7-9-23(22)32(5-2)29(30)37/h4,6-11,19,34H,1,5,12-18H2,2-3H3/t30-/m1/s1. The number of para-hydroxylation sites is 1. The molecule has 0 radical (unpaired) electrons. The average Bonchev–Trinajstić information content (AvgIpc) is 3.33. The lowest BCUT2D eigenvalue weighted by Gasteiger charge is -2.36. The summed E-state index contributed by atoms with van der Waals surface area (Å²) in [5.41, 5.74) is 0.222.